The molecule has 9 nitrogen and oxygen atoms in total. The summed E-state index contributed by atoms with van der Waals surface area (Å²) < 4.78 is 12.5. The Morgan fingerprint density at radius 3 is 2.56 bits per heavy atom. The fourth-order valence-corrected chi connectivity index (χ4v) is 4.73. The number of nitrogens with one attached hydrogen (secondary N) is 1. The summed E-state index contributed by atoms with van der Waals surface area (Å²) in [4.78, 5) is 13.3. The lowest BCUT2D eigenvalue weighted by atomic mass is 9.96. The number of nitrogens with zero attached hydrogens (tertiary/aromatic N) is 1. The van der Waals surface area contributed by atoms with Gasteiger partial charge in [0.15, 0.2) is 6.29 Å². The van der Waals surface area contributed by atoms with Crippen molar-refractivity contribution < 1.29 is 34.7 Å². The van der Waals surface area contributed by atoms with Crippen molar-refractivity contribution in [1.82, 2.24) is 9.88 Å². The van der Waals surface area contributed by atoms with Crippen LogP contribution in [-0.2, 0) is 11.3 Å². The maximum atomic E-state index is 13.3. The molecule has 1 amide bonds. The van der Waals surface area contributed by atoms with Crippen LogP contribution >= 0.6 is 0 Å². The van der Waals surface area contributed by atoms with Gasteiger partial charge in [-0.15, -0.1) is 0 Å². The number of methoxy groups -OCH3 is 1. The number of aliphatic hydroxyl groups excluding tert-OH is 4. The monoisotopic (exact) mass is 492 g/mol. The lowest BCUT2D eigenvalue weighted by Crippen LogP contribution is -2.64. The number of benzene rings is 3. The van der Waals surface area contributed by atoms with Crippen molar-refractivity contribution in [2.24, 2.45) is 0 Å². The van der Waals surface area contributed by atoms with Gasteiger partial charge in [0.2, 0.25) is 0 Å². The normalized spacial score (nSPS) is 24.2. The predicted octanol–water partition coefficient (Wildman–Crippen LogP) is 1.38. The lowest BCUT2D eigenvalue weighted by Gasteiger charge is -2.40. The molecule has 0 spiro atoms. The molecule has 1 unspecified atom stereocenters. The Balaban J connectivity index is 1.47. The van der Waals surface area contributed by atoms with Crippen LogP contribution in [0.2, 0.25) is 0 Å². The van der Waals surface area contributed by atoms with Crippen molar-refractivity contribution in [3.8, 4) is 5.75 Å². The highest BCUT2D eigenvalue weighted by atomic mass is 16.6. The first-order chi connectivity index (χ1) is 17.4. The summed E-state index contributed by atoms with van der Waals surface area (Å²) >= 11 is 0. The Hall–Kier alpha value is -3.47. The molecule has 1 aromatic heterocycles. The lowest BCUT2D eigenvalue weighted by molar-refractivity contribution is -0.252. The molecule has 1 saturated heterocycles. The minimum atomic E-state index is -1.60. The number of aromatic nitrogens is 1. The van der Waals surface area contributed by atoms with Crippen molar-refractivity contribution in [3.05, 3.63) is 78.0 Å². The molecule has 1 fully saturated rings. The minimum Gasteiger partial charge on any atom is -0.497 e. The molecule has 9 heteroatoms. The van der Waals surface area contributed by atoms with E-state index < -0.39 is 43.2 Å². The molecule has 0 aliphatic carbocycles. The third-order valence-electron chi connectivity index (χ3n) is 6.70. The molecular formula is C27H28N2O7. The number of hydrogen-bond donors (Lipinski definition) is 5. The SMILES string of the molecule is COc1ccc2c(C(=O)N[C@H]3C(O)O[C@H](CO)[C@@H](O)[C@@H]3O)cn(Cc3ccc4ccccc4c3)c2c1. The van der Waals surface area contributed by atoms with Gasteiger partial charge in [-0.3, -0.25) is 4.79 Å². The molecule has 5 rings (SSSR count). The predicted molar refractivity (Wildman–Crippen MR) is 133 cm³/mol. The largest absolute Gasteiger partial charge is 0.497 e. The fourth-order valence-electron chi connectivity index (χ4n) is 4.73. The van der Waals surface area contributed by atoms with Gasteiger partial charge in [-0.25, -0.2) is 0 Å². The van der Waals surface area contributed by atoms with Crippen molar-refractivity contribution in [3.63, 3.8) is 0 Å². The molecule has 5 atom stereocenters. The molecule has 5 N–H and O–H groups in total. The van der Waals surface area contributed by atoms with E-state index in [1.807, 2.05) is 34.9 Å². The summed E-state index contributed by atoms with van der Waals surface area (Å²) in [7, 11) is 1.57. The highest BCUT2D eigenvalue weighted by Gasteiger charge is 2.44. The Bertz CT molecular complexity index is 1400. The average molecular weight is 493 g/mol. The second kappa shape index (κ2) is 9.88. The molecule has 3 aromatic carbocycles. The van der Waals surface area contributed by atoms with Crippen LogP contribution in [-0.4, -0.2) is 75.3 Å². The number of carbonyl (C=O) groups is 1. The van der Waals surface area contributed by atoms with Gasteiger partial charge in [-0.2, -0.15) is 0 Å². The molecule has 0 saturated carbocycles. The minimum absolute atomic E-state index is 0.326. The zero-order chi connectivity index (χ0) is 25.4. The van der Waals surface area contributed by atoms with E-state index in [1.54, 1.807) is 25.4 Å². The maximum Gasteiger partial charge on any atom is 0.253 e. The van der Waals surface area contributed by atoms with Crippen LogP contribution in [0.1, 0.15) is 15.9 Å². The van der Waals surface area contributed by atoms with Gasteiger partial charge in [0, 0.05) is 24.2 Å². The van der Waals surface area contributed by atoms with Gasteiger partial charge < -0.3 is 39.8 Å². The smallest absolute Gasteiger partial charge is 0.253 e. The third kappa shape index (κ3) is 4.43. The van der Waals surface area contributed by atoms with E-state index in [1.165, 1.54) is 0 Å². The first kappa shape index (κ1) is 24.2. The van der Waals surface area contributed by atoms with Crippen LogP contribution in [0.3, 0.4) is 0 Å². The van der Waals surface area contributed by atoms with Crippen LogP contribution in [0, 0.1) is 0 Å². The molecule has 188 valence electrons. The van der Waals surface area contributed by atoms with Gasteiger partial charge in [0.25, 0.3) is 5.91 Å². The number of hydrogen-bond acceptors (Lipinski definition) is 7. The van der Waals surface area contributed by atoms with E-state index in [4.69, 9.17) is 9.47 Å². The topological polar surface area (TPSA) is 133 Å². The zero-order valence-corrected chi connectivity index (χ0v) is 19.6. The summed E-state index contributed by atoms with van der Waals surface area (Å²) in [5.74, 6) is 0.0841. The molecule has 1 aliphatic heterocycles. The molecule has 36 heavy (non-hydrogen) atoms. The van der Waals surface area contributed by atoms with Crippen LogP contribution in [0.15, 0.2) is 66.9 Å². The number of aliphatic hydroxyl groups is 4. The van der Waals surface area contributed by atoms with Gasteiger partial charge in [0.05, 0.1) is 24.8 Å². The third-order valence-corrected chi connectivity index (χ3v) is 6.70. The van der Waals surface area contributed by atoms with E-state index in [9.17, 15) is 25.2 Å². The molecule has 4 aromatic rings. The van der Waals surface area contributed by atoms with E-state index in [0.717, 1.165) is 21.9 Å². The summed E-state index contributed by atoms with van der Waals surface area (Å²) in [6.45, 7) is -0.0868. The van der Waals surface area contributed by atoms with Crippen LogP contribution in [0.25, 0.3) is 21.7 Å². The highest BCUT2D eigenvalue weighted by molar-refractivity contribution is 6.07. The van der Waals surface area contributed by atoms with Crippen molar-refractivity contribution in [2.45, 2.75) is 37.2 Å². The summed E-state index contributed by atoms with van der Waals surface area (Å²) in [6, 6.07) is 18.4. The van der Waals surface area contributed by atoms with E-state index >= 15 is 0 Å². The number of rotatable bonds is 6. The quantitative estimate of drug-likeness (QED) is 0.275. The number of ether oxygens (including phenoxy) is 2. The fraction of sp³-hybridized carbons (Fsp3) is 0.296. The molecule has 0 bridgehead atoms. The molecule has 1 aliphatic rings. The highest BCUT2D eigenvalue weighted by Crippen LogP contribution is 2.28. The Morgan fingerprint density at radius 2 is 1.81 bits per heavy atom. The second-order valence-corrected chi connectivity index (χ2v) is 8.96. The van der Waals surface area contributed by atoms with Crippen LogP contribution in [0.5, 0.6) is 5.75 Å². The average Bonchev–Trinajstić information content (AvgIpc) is 3.26. The van der Waals surface area contributed by atoms with E-state index in [2.05, 4.69) is 23.5 Å². The Labute approximate surface area is 207 Å². The maximum absolute atomic E-state index is 13.3. The molecule has 0 radical (unpaired) electrons. The van der Waals surface area contributed by atoms with Gasteiger partial charge in [-0.05, 0) is 34.5 Å². The summed E-state index contributed by atoms with van der Waals surface area (Å²) in [5.41, 5.74) is 2.14. The summed E-state index contributed by atoms with van der Waals surface area (Å²) in [5, 5.41) is 45.7. The van der Waals surface area contributed by atoms with E-state index in [-0.39, 0.29) is 0 Å². The number of amides is 1. The van der Waals surface area contributed by atoms with Gasteiger partial charge in [0.1, 0.15) is 30.1 Å². The zero-order valence-electron chi connectivity index (χ0n) is 19.6. The van der Waals surface area contributed by atoms with Crippen molar-refractivity contribution >= 4 is 27.6 Å². The Kier molecular flexibility index (Phi) is 6.65. The van der Waals surface area contributed by atoms with Crippen LogP contribution < -0.4 is 10.1 Å². The molecule has 2 heterocycles. The standard InChI is InChI=1S/C27H28N2O7/c1-35-18-8-9-19-20(26(33)28-23-25(32)24(31)22(14-30)36-27(23)34)13-29(21(19)11-18)12-15-6-7-16-4-2-3-5-17(16)10-15/h2-11,13,22-25,27,30-32,34H,12,14H2,1H3,(H,28,33)/t22-,23-,24-,25-,27?/m1/s1. The van der Waals surface area contributed by atoms with Crippen molar-refractivity contribution in [2.75, 3.05) is 13.7 Å². The van der Waals surface area contributed by atoms with Crippen LogP contribution in [0.4, 0.5) is 0 Å². The van der Waals surface area contributed by atoms with E-state index in [0.29, 0.717) is 23.2 Å². The molecular weight excluding hydrogens is 464 g/mol. The summed E-state index contributed by atoms with van der Waals surface area (Å²) in [6.07, 6.45) is -4.04. The first-order valence-electron chi connectivity index (χ1n) is 11.7. The number of carbonyl (C=O) groups excluding carboxylic acids is 1. The van der Waals surface area contributed by atoms with Gasteiger partial charge >= 0.3 is 0 Å². The number of fused-ring (bicyclic) bond motifs is 2. The van der Waals surface area contributed by atoms with Gasteiger partial charge in [-0.1, -0.05) is 36.4 Å². The Morgan fingerprint density at radius 1 is 1.03 bits per heavy atom. The first-order valence-corrected chi connectivity index (χ1v) is 11.7. The van der Waals surface area contributed by atoms with Crippen molar-refractivity contribution in [1.29, 1.82) is 0 Å². The second-order valence-electron chi connectivity index (χ2n) is 8.96.